The van der Waals surface area contributed by atoms with Crippen LogP contribution in [0.25, 0.3) is 0 Å². The first-order chi connectivity index (χ1) is 17.0. The molecule has 0 unspecified atom stereocenters. The van der Waals surface area contributed by atoms with E-state index in [1.165, 1.54) is 12.5 Å². The molecule has 0 bridgehead atoms. The van der Waals surface area contributed by atoms with E-state index in [9.17, 15) is 19.2 Å². The fraction of sp³-hybridized carbons (Fsp3) is 0.600. The lowest BCUT2D eigenvalue weighted by Crippen LogP contribution is -2.48. The van der Waals surface area contributed by atoms with Crippen molar-refractivity contribution in [2.75, 3.05) is 0 Å². The highest BCUT2D eigenvalue weighted by molar-refractivity contribution is 5.92. The molecule has 5 aliphatic rings. The molecule has 2 aliphatic heterocycles. The number of hydrogen-bond donors (Lipinski definition) is 0. The van der Waals surface area contributed by atoms with E-state index in [2.05, 4.69) is 32.6 Å². The SMILES string of the molecule is C=C1C(=O)O[C@H]2C[C@H](C)C3=C[C@H](C(C)=O)[C@@]4(C[C@@H]3C[C@H]12)C(=O)O[C@H]1C[C@H](C)C(/C=C\C(C)=O)=CC[C@@H]14. The van der Waals surface area contributed by atoms with Gasteiger partial charge in [0.05, 0.1) is 11.3 Å². The van der Waals surface area contributed by atoms with Gasteiger partial charge in [-0.3, -0.25) is 14.4 Å². The van der Waals surface area contributed by atoms with E-state index >= 15 is 0 Å². The van der Waals surface area contributed by atoms with E-state index in [0.29, 0.717) is 37.7 Å². The second-order valence-corrected chi connectivity index (χ2v) is 11.7. The standard InChI is InChI=1S/C30H36O6/c1-15-10-27-24(9-8-20(15)7-6-17(3)31)30(29(34)36-27)14-21-12-23-18(4)28(33)35-26(23)11-16(2)22(21)13-25(30)19(5)32/h6-8,13,15-16,21,23-27H,4,9-12,14H2,1-3,5H3/b7-6-/t15-,16-,21-,23+,24-,25+,26-,27-,30-/m0/s1. The molecule has 2 heterocycles. The van der Waals surface area contributed by atoms with Crippen molar-refractivity contribution in [2.24, 2.45) is 40.9 Å². The fourth-order valence-electron chi connectivity index (χ4n) is 7.74. The van der Waals surface area contributed by atoms with Crippen LogP contribution in [0.2, 0.25) is 0 Å². The lowest BCUT2D eigenvalue weighted by atomic mass is 9.55. The summed E-state index contributed by atoms with van der Waals surface area (Å²) in [6.45, 7) is 11.4. The molecule has 1 spiro atoms. The van der Waals surface area contributed by atoms with Crippen molar-refractivity contribution in [2.45, 2.75) is 72.0 Å². The largest absolute Gasteiger partial charge is 0.462 e. The monoisotopic (exact) mass is 492 g/mol. The number of hydrogen-bond acceptors (Lipinski definition) is 6. The Morgan fingerprint density at radius 1 is 1.06 bits per heavy atom. The van der Waals surface area contributed by atoms with Crippen LogP contribution in [0.15, 0.2) is 47.6 Å². The number of esters is 2. The Balaban J connectivity index is 1.55. The predicted octanol–water partition coefficient (Wildman–Crippen LogP) is 4.70. The number of ketones is 2. The Labute approximate surface area is 212 Å². The quantitative estimate of drug-likeness (QED) is 0.323. The van der Waals surface area contributed by atoms with Crippen LogP contribution in [-0.4, -0.2) is 35.7 Å². The molecular weight excluding hydrogens is 456 g/mol. The summed E-state index contributed by atoms with van der Waals surface area (Å²) >= 11 is 0. The minimum Gasteiger partial charge on any atom is -0.462 e. The summed E-state index contributed by atoms with van der Waals surface area (Å²) < 4.78 is 11.7. The van der Waals surface area contributed by atoms with Crippen LogP contribution in [-0.2, 0) is 28.7 Å². The molecule has 192 valence electrons. The Morgan fingerprint density at radius 3 is 2.47 bits per heavy atom. The van der Waals surface area contributed by atoms with Gasteiger partial charge in [-0.1, -0.05) is 44.2 Å². The van der Waals surface area contributed by atoms with Gasteiger partial charge in [-0.05, 0) is 75.4 Å². The third-order valence-corrected chi connectivity index (χ3v) is 9.54. The molecule has 36 heavy (non-hydrogen) atoms. The Kier molecular flexibility index (Phi) is 6.20. The molecule has 2 saturated heterocycles. The highest BCUT2D eigenvalue weighted by Crippen LogP contribution is 2.60. The lowest BCUT2D eigenvalue weighted by Gasteiger charge is -2.44. The molecular formula is C30H36O6. The molecule has 5 rings (SSSR count). The van der Waals surface area contributed by atoms with E-state index in [0.717, 1.165) is 5.57 Å². The van der Waals surface area contributed by atoms with Crippen LogP contribution in [0.5, 0.6) is 0 Å². The third kappa shape index (κ3) is 3.84. The smallest absolute Gasteiger partial charge is 0.334 e. The van der Waals surface area contributed by atoms with Crippen molar-refractivity contribution in [3.05, 3.63) is 47.6 Å². The van der Waals surface area contributed by atoms with Gasteiger partial charge in [-0.2, -0.15) is 0 Å². The van der Waals surface area contributed by atoms with Crippen LogP contribution in [0, 0.1) is 40.9 Å². The predicted molar refractivity (Wildman–Crippen MR) is 133 cm³/mol. The number of fused-ring (bicyclic) bond motifs is 4. The average Bonchev–Trinajstić information content (AvgIpc) is 3.06. The van der Waals surface area contributed by atoms with Gasteiger partial charge in [0.2, 0.25) is 0 Å². The fourth-order valence-corrected chi connectivity index (χ4v) is 7.74. The van der Waals surface area contributed by atoms with E-state index in [4.69, 9.17) is 9.47 Å². The summed E-state index contributed by atoms with van der Waals surface area (Å²) in [6, 6.07) is 0. The van der Waals surface area contributed by atoms with E-state index in [1.807, 2.05) is 6.08 Å². The second kappa shape index (κ2) is 8.97. The van der Waals surface area contributed by atoms with Gasteiger partial charge in [0.1, 0.15) is 18.0 Å². The molecule has 0 aromatic heterocycles. The van der Waals surface area contributed by atoms with Crippen LogP contribution in [0.3, 0.4) is 0 Å². The van der Waals surface area contributed by atoms with Crippen molar-refractivity contribution < 1.29 is 28.7 Å². The zero-order valence-electron chi connectivity index (χ0n) is 21.6. The van der Waals surface area contributed by atoms with Gasteiger partial charge in [0, 0.05) is 17.4 Å². The number of ether oxygens (including phenoxy) is 2. The van der Waals surface area contributed by atoms with Crippen molar-refractivity contribution in [1.82, 2.24) is 0 Å². The minimum atomic E-state index is -0.926. The van der Waals surface area contributed by atoms with Crippen molar-refractivity contribution in [3.63, 3.8) is 0 Å². The highest BCUT2D eigenvalue weighted by Gasteiger charge is 2.64. The summed E-state index contributed by atoms with van der Waals surface area (Å²) in [5.41, 5.74) is 1.88. The maximum absolute atomic E-state index is 13.8. The molecule has 3 aliphatic carbocycles. The molecule has 6 heteroatoms. The Hall–Kier alpha value is -2.76. The summed E-state index contributed by atoms with van der Waals surface area (Å²) in [7, 11) is 0. The first-order valence-electron chi connectivity index (χ1n) is 13.2. The van der Waals surface area contributed by atoms with Crippen LogP contribution < -0.4 is 0 Å². The molecule has 0 N–H and O–H groups in total. The van der Waals surface area contributed by atoms with Gasteiger partial charge < -0.3 is 9.47 Å². The molecule has 1 saturated carbocycles. The van der Waals surface area contributed by atoms with Gasteiger partial charge >= 0.3 is 11.9 Å². The zero-order chi connectivity index (χ0) is 25.9. The first-order valence-corrected chi connectivity index (χ1v) is 13.2. The minimum absolute atomic E-state index is 0.00576. The molecule has 0 radical (unpaired) electrons. The average molecular weight is 493 g/mol. The summed E-state index contributed by atoms with van der Waals surface area (Å²) in [6.07, 6.45) is 10.4. The van der Waals surface area contributed by atoms with Gasteiger partial charge in [-0.15, -0.1) is 0 Å². The lowest BCUT2D eigenvalue weighted by molar-refractivity contribution is -0.154. The van der Waals surface area contributed by atoms with Crippen LogP contribution in [0.4, 0.5) is 0 Å². The maximum Gasteiger partial charge on any atom is 0.334 e. The summed E-state index contributed by atoms with van der Waals surface area (Å²) in [5, 5.41) is 0. The number of allylic oxidation sites excluding steroid dienone is 6. The second-order valence-electron chi connectivity index (χ2n) is 11.7. The van der Waals surface area contributed by atoms with Gasteiger partial charge in [0.25, 0.3) is 0 Å². The van der Waals surface area contributed by atoms with Gasteiger partial charge in [0.15, 0.2) is 5.78 Å². The molecule has 0 amide bonds. The summed E-state index contributed by atoms with van der Waals surface area (Å²) in [4.78, 5) is 50.7. The van der Waals surface area contributed by atoms with Gasteiger partial charge in [-0.25, -0.2) is 4.79 Å². The topological polar surface area (TPSA) is 86.7 Å². The molecule has 9 atom stereocenters. The van der Waals surface area contributed by atoms with Crippen LogP contribution >= 0.6 is 0 Å². The molecule has 0 aromatic rings. The van der Waals surface area contributed by atoms with E-state index < -0.39 is 11.3 Å². The van der Waals surface area contributed by atoms with Crippen LogP contribution in [0.1, 0.15) is 59.8 Å². The van der Waals surface area contributed by atoms with E-state index in [-0.39, 0.29) is 65.3 Å². The van der Waals surface area contributed by atoms with E-state index in [1.54, 1.807) is 13.0 Å². The maximum atomic E-state index is 13.8. The number of carbonyl (C=O) groups excluding carboxylic acids is 4. The summed E-state index contributed by atoms with van der Waals surface area (Å²) in [5.74, 6) is -0.971. The van der Waals surface area contributed by atoms with Crippen molar-refractivity contribution >= 4 is 23.5 Å². The zero-order valence-corrected chi connectivity index (χ0v) is 21.6. The number of rotatable bonds is 3. The van der Waals surface area contributed by atoms with Crippen molar-refractivity contribution in [1.29, 1.82) is 0 Å². The molecule has 3 fully saturated rings. The van der Waals surface area contributed by atoms with Crippen molar-refractivity contribution in [3.8, 4) is 0 Å². The highest BCUT2D eigenvalue weighted by atomic mass is 16.6. The number of carbonyl (C=O) groups is 4. The normalized spacial score (nSPS) is 41.9. The molecule has 6 nitrogen and oxygen atoms in total. The third-order valence-electron chi connectivity index (χ3n) is 9.54. The molecule has 0 aromatic carbocycles. The first kappa shape index (κ1) is 24.9. The number of Topliss-reactive ketones (excluding diaryl/α,β-unsaturated/α-hetero) is 1. The Bertz CT molecular complexity index is 1120. The Morgan fingerprint density at radius 2 is 1.78 bits per heavy atom.